The Labute approximate surface area is 169 Å². The van der Waals surface area contributed by atoms with E-state index >= 15 is 0 Å². The number of anilines is 1. The van der Waals surface area contributed by atoms with Gasteiger partial charge in [0.05, 0.1) is 20.7 Å². The second kappa shape index (κ2) is 7.33. The van der Waals surface area contributed by atoms with E-state index in [9.17, 15) is 20.0 Å². The maximum absolute atomic E-state index is 12.5. The Kier molecular flexibility index (Phi) is 4.69. The number of fused-ring (bicyclic) bond motifs is 1. The van der Waals surface area contributed by atoms with Gasteiger partial charge >= 0.3 is 0 Å². The first-order chi connectivity index (χ1) is 13.9. The molecule has 29 heavy (non-hydrogen) atoms. The molecule has 0 unspecified atom stereocenters. The van der Waals surface area contributed by atoms with E-state index in [-0.39, 0.29) is 11.4 Å². The number of nitrogens with zero attached hydrogens (tertiary/aromatic N) is 2. The summed E-state index contributed by atoms with van der Waals surface area (Å²) in [5, 5.41) is 24.7. The van der Waals surface area contributed by atoms with Crippen molar-refractivity contribution in [1.29, 1.82) is 0 Å². The lowest BCUT2D eigenvalue weighted by molar-refractivity contribution is -0.385. The number of carbonyl (C=O) groups is 1. The van der Waals surface area contributed by atoms with Crippen LogP contribution in [-0.2, 0) is 0 Å². The van der Waals surface area contributed by atoms with Crippen molar-refractivity contribution in [2.75, 3.05) is 5.32 Å². The monoisotopic (exact) mass is 405 g/mol. The maximum atomic E-state index is 12.5. The van der Waals surface area contributed by atoms with E-state index in [1.807, 2.05) is 24.3 Å². The summed E-state index contributed by atoms with van der Waals surface area (Å²) in [6, 6.07) is 16.7. The van der Waals surface area contributed by atoms with Crippen LogP contribution in [0.3, 0.4) is 0 Å². The normalized spacial score (nSPS) is 10.8. The number of aromatic nitrogens is 1. The van der Waals surface area contributed by atoms with Gasteiger partial charge in [0, 0.05) is 28.9 Å². The Morgan fingerprint density at radius 3 is 2.62 bits per heavy atom. The van der Waals surface area contributed by atoms with Gasteiger partial charge in [-0.3, -0.25) is 14.9 Å². The number of benzene rings is 3. The van der Waals surface area contributed by atoms with Crippen LogP contribution in [0.25, 0.3) is 20.8 Å². The quantitative estimate of drug-likeness (QED) is 0.361. The number of nitro groups is 1. The van der Waals surface area contributed by atoms with Crippen molar-refractivity contribution in [3.05, 3.63) is 81.9 Å². The van der Waals surface area contributed by atoms with Crippen LogP contribution in [0.2, 0.25) is 0 Å². The van der Waals surface area contributed by atoms with Crippen molar-refractivity contribution in [2.45, 2.75) is 6.92 Å². The standard InChI is InChI=1S/C21H15N3O4S/c1-12-10-13(6-9-17(12)24(27)28)20(26)22-14-7-8-15(18(25)11-14)21-23-16-4-2-3-5-19(16)29-21/h2-11,25H,1H3,(H,22,26). The van der Waals surface area contributed by atoms with E-state index < -0.39 is 10.8 Å². The van der Waals surface area contributed by atoms with E-state index in [0.29, 0.717) is 27.4 Å². The predicted molar refractivity (Wildman–Crippen MR) is 113 cm³/mol. The van der Waals surface area contributed by atoms with Crippen LogP contribution >= 0.6 is 11.3 Å². The predicted octanol–water partition coefficient (Wildman–Crippen LogP) is 5.14. The van der Waals surface area contributed by atoms with Crippen LogP contribution in [0.4, 0.5) is 11.4 Å². The zero-order chi connectivity index (χ0) is 20.5. The first-order valence-corrected chi connectivity index (χ1v) is 9.49. The molecule has 0 bridgehead atoms. The number of amides is 1. The molecule has 0 saturated carbocycles. The fourth-order valence-corrected chi connectivity index (χ4v) is 3.98. The van der Waals surface area contributed by atoms with Crippen LogP contribution in [0.5, 0.6) is 5.75 Å². The average molecular weight is 405 g/mol. The number of phenols is 1. The molecule has 2 N–H and O–H groups in total. The molecule has 1 heterocycles. The number of nitrogens with one attached hydrogen (secondary N) is 1. The lowest BCUT2D eigenvalue weighted by Crippen LogP contribution is -2.12. The molecule has 0 spiro atoms. The van der Waals surface area contributed by atoms with Crippen molar-refractivity contribution < 1.29 is 14.8 Å². The molecule has 1 amide bonds. The highest BCUT2D eigenvalue weighted by molar-refractivity contribution is 7.21. The molecule has 3 aromatic carbocycles. The zero-order valence-electron chi connectivity index (χ0n) is 15.2. The van der Waals surface area contributed by atoms with Gasteiger partial charge in [-0.25, -0.2) is 4.98 Å². The van der Waals surface area contributed by atoms with Gasteiger partial charge in [0.2, 0.25) is 0 Å². The number of nitro benzene ring substituents is 1. The van der Waals surface area contributed by atoms with Crippen molar-refractivity contribution in [2.24, 2.45) is 0 Å². The van der Waals surface area contributed by atoms with E-state index in [0.717, 1.165) is 10.2 Å². The number of aromatic hydroxyl groups is 1. The average Bonchev–Trinajstić information content (AvgIpc) is 3.11. The molecule has 7 nitrogen and oxygen atoms in total. The third-order valence-electron chi connectivity index (χ3n) is 4.44. The summed E-state index contributed by atoms with van der Waals surface area (Å²) >= 11 is 1.47. The largest absolute Gasteiger partial charge is 0.507 e. The molecule has 8 heteroatoms. The zero-order valence-corrected chi connectivity index (χ0v) is 16.1. The molecule has 0 saturated heterocycles. The molecule has 0 aliphatic heterocycles. The van der Waals surface area contributed by atoms with Crippen LogP contribution in [-0.4, -0.2) is 20.9 Å². The molecule has 0 aliphatic carbocycles. The first kappa shape index (κ1) is 18.6. The molecule has 1 aromatic heterocycles. The molecule has 0 fully saturated rings. The molecular weight excluding hydrogens is 390 g/mol. The smallest absolute Gasteiger partial charge is 0.272 e. The molecular formula is C21H15N3O4S. The van der Waals surface area contributed by atoms with Gasteiger partial charge in [0.15, 0.2) is 0 Å². The molecule has 144 valence electrons. The fraction of sp³-hybridized carbons (Fsp3) is 0.0476. The SMILES string of the molecule is Cc1cc(C(=O)Nc2ccc(-c3nc4ccccc4s3)c(O)c2)ccc1[N+](=O)[O-]. The third-order valence-corrected chi connectivity index (χ3v) is 5.51. The highest BCUT2D eigenvalue weighted by Crippen LogP contribution is 2.36. The van der Waals surface area contributed by atoms with Crippen molar-refractivity contribution in [3.63, 3.8) is 0 Å². The summed E-state index contributed by atoms with van der Waals surface area (Å²) in [6.07, 6.45) is 0. The summed E-state index contributed by atoms with van der Waals surface area (Å²) in [5.41, 5.74) is 2.50. The molecule has 0 radical (unpaired) electrons. The number of hydrogen-bond donors (Lipinski definition) is 2. The number of rotatable bonds is 4. The summed E-state index contributed by atoms with van der Waals surface area (Å²) in [6.45, 7) is 1.58. The van der Waals surface area contributed by atoms with Crippen molar-refractivity contribution in [3.8, 4) is 16.3 Å². The van der Waals surface area contributed by atoms with Gasteiger partial charge in [-0.2, -0.15) is 0 Å². The van der Waals surface area contributed by atoms with Crippen molar-refractivity contribution in [1.82, 2.24) is 4.98 Å². The van der Waals surface area contributed by atoms with E-state index in [2.05, 4.69) is 10.3 Å². The van der Waals surface area contributed by atoms with E-state index in [4.69, 9.17) is 0 Å². The number of thiazole rings is 1. The Morgan fingerprint density at radius 1 is 1.14 bits per heavy atom. The summed E-state index contributed by atoms with van der Waals surface area (Å²) < 4.78 is 1.02. The minimum Gasteiger partial charge on any atom is -0.507 e. The summed E-state index contributed by atoms with van der Waals surface area (Å²) in [4.78, 5) is 27.4. The lowest BCUT2D eigenvalue weighted by atomic mass is 10.1. The fourth-order valence-electron chi connectivity index (χ4n) is 2.98. The van der Waals surface area contributed by atoms with Gasteiger partial charge in [-0.1, -0.05) is 12.1 Å². The molecule has 0 aliphatic rings. The van der Waals surface area contributed by atoms with Gasteiger partial charge in [0.1, 0.15) is 10.8 Å². The number of carbonyl (C=O) groups excluding carboxylic acids is 1. The van der Waals surface area contributed by atoms with Crippen LogP contribution in [0, 0.1) is 17.0 Å². The molecule has 0 atom stereocenters. The highest BCUT2D eigenvalue weighted by Gasteiger charge is 2.15. The first-order valence-electron chi connectivity index (χ1n) is 8.68. The van der Waals surface area contributed by atoms with Gasteiger partial charge in [-0.05, 0) is 43.3 Å². The third kappa shape index (κ3) is 3.65. The van der Waals surface area contributed by atoms with E-state index in [1.54, 1.807) is 19.1 Å². The van der Waals surface area contributed by atoms with Gasteiger partial charge in [0.25, 0.3) is 11.6 Å². The lowest BCUT2D eigenvalue weighted by Gasteiger charge is -2.08. The Balaban J connectivity index is 1.57. The van der Waals surface area contributed by atoms with E-state index in [1.165, 1.54) is 35.6 Å². The second-order valence-electron chi connectivity index (χ2n) is 6.43. The van der Waals surface area contributed by atoms with Crippen LogP contribution in [0.1, 0.15) is 15.9 Å². The Hall–Kier alpha value is -3.78. The maximum Gasteiger partial charge on any atom is 0.272 e. The minimum absolute atomic E-state index is 0.00161. The van der Waals surface area contributed by atoms with Gasteiger partial charge < -0.3 is 10.4 Å². The number of phenolic OH excluding ortho intramolecular Hbond substituents is 1. The highest BCUT2D eigenvalue weighted by atomic mass is 32.1. The summed E-state index contributed by atoms with van der Waals surface area (Å²) in [5.74, 6) is -0.420. The number of hydrogen-bond acceptors (Lipinski definition) is 6. The Bertz CT molecular complexity index is 1230. The van der Waals surface area contributed by atoms with Crippen LogP contribution < -0.4 is 5.32 Å². The van der Waals surface area contributed by atoms with Crippen molar-refractivity contribution >= 4 is 38.8 Å². The Morgan fingerprint density at radius 2 is 1.93 bits per heavy atom. The summed E-state index contributed by atoms with van der Waals surface area (Å²) in [7, 11) is 0. The number of aryl methyl sites for hydroxylation is 1. The second-order valence-corrected chi connectivity index (χ2v) is 7.46. The minimum atomic E-state index is -0.490. The molecule has 4 rings (SSSR count). The number of para-hydroxylation sites is 1. The van der Waals surface area contributed by atoms with Crippen LogP contribution in [0.15, 0.2) is 60.7 Å². The topological polar surface area (TPSA) is 105 Å². The molecule has 4 aromatic rings. The van der Waals surface area contributed by atoms with Gasteiger partial charge in [-0.15, -0.1) is 11.3 Å².